The zero-order chi connectivity index (χ0) is 13.1. The molecule has 1 N–H and O–H groups in total. The molecule has 2 nitrogen and oxygen atoms in total. The van der Waals surface area contributed by atoms with E-state index < -0.39 is 0 Å². The third-order valence-electron chi connectivity index (χ3n) is 2.59. The Balaban J connectivity index is 2.34. The predicted octanol–water partition coefficient (Wildman–Crippen LogP) is 4.59. The van der Waals surface area contributed by atoms with Gasteiger partial charge in [-0.3, -0.25) is 0 Å². The summed E-state index contributed by atoms with van der Waals surface area (Å²) in [7, 11) is 0. The summed E-state index contributed by atoms with van der Waals surface area (Å²) >= 11 is 11.9. The Kier molecular flexibility index (Phi) is 4.12. The fraction of sp³-hybridized carbons (Fsp3) is 0.143. The number of aliphatic hydroxyl groups is 1. The van der Waals surface area contributed by atoms with E-state index in [1.165, 1.54) is 0 Å². The minimum atomic E-state index is -0.165. The van der Waals surface area contributed by atoms with E-state index in [4.69, 9.17) is 27.9 Å². The first-order valence-corrected chi connectivity index (χ1v) is 6.19. The van der Waals surface area contributed by atoms with Crippen LogP contribution in [0.15, 0.2) is 36.4 Å². The van der Waals surface area contributed by atoms with E-state index in [2.05, 4.69) is 0 Å². The Labute approximate surface area is 116 Å². The number of hydrogen-bond donors (Lipinski definition) is 1. The molecule has 94 valence electrons. The van der Waals surface area contributed by atoms with Crippen LogP contribution in [-0.2, 0) is 6.61 Å². The summed E-state index contributed by atoms with van der Waals surface area (Å²) in [6.45, 7) is 1.74. The summed E-state index contributed by atoms with van der Waals surface area (Å²) in [6, 6.07) is 10.6. The Bertz CT molecular complexity index is 568. The molecular formula is C14H12Cl2O2. The second-order valence-corrected chi connectivity index (χ2v) is 4.70. The van der Waals surface area contributed by atoms with Gasteiger partial charge >= 0.3 is 0 Å². The van der Waals surface area contributed by atoms with E-state index in [1.807, 2.05) is 13.0 Å². The zero-order valence-electron chi connectivity index (χ0n) is 9.78. The molecule has 0 atom stereocenters. The molecule has 0 amide bonds. The van der Waals surface area contributed by atoms with Crippen LogP contribution < -0.4 is 4.74 Å². The van der Waals surface area contributed by atoms with Crippen molar-refractivity contribution in [2.75, 3.05) is 0 Å². The summed E-state index contributed by atoms with van der Waals surface area (Å²) in [5.74, 6) is 1.21. The molecule has 0 aliphatic carbocycles. The van der Waals surface area contributed by atoms with Crippen LogP contribution >= 0.6 is 23.2 Å². The van der Waals surface area contributed by atoms with Crippen LogP contribution in [0.3, 0.4) is 0 Å². The van der Waals surface area contributed by atoms with Gasteiger partial charge in [0.05, 0.1) is 6.61 Å². The van der Waals surface area contributed by atoms with Crippen molar-refractivity contribution < 1.29 is 9.84 Å². The molecule has 0 aliphatic heterocycles. The summed E-state index contributed by atoms with van der Waals surface area (Å²) in [5.41, 5.74) is 1.51. The molecule has 2 aromatic rings. The minimum Gasteiger partial charge on any atom is -0.457 e. The molecule has 0 fully saturated rings. The first kappa shape index (κ1) is 13.2. The van der Waals surface area contributed by atoms with Gasteiger partial charge in [-0.15, -0.1) is 0 Å². The van der Waals surface area contributed by atoms with Crippen molar-refractivity contribution in [3.63, 3.8) is 0 Å². The van der Waals surface area contributed by atoms with E-state index in [0.29, 0.717) is 27.1 Å². The Morgan fingerprint density at radius 1 is 1.11 bits per heavy atom. The van der Waals surface area contributed by atoms with Gasteiger partial charge in [-0.25, -0.2) is 0 Å². The van der Waals surface area contributed by atoms with Crippen LogP contribution in [0.25, 0.3) is 0 Å². The third kappa shape index (κ3) is 2.78. The van der Waals surface area contributed by atoms with E-state index in [1.54, 1.807) is 30.3 Å². The fourth-order valence-electron chi connectivity index (χ4n) is 1.60. The van der Waals surface area contributed by atoms with Gasteiger partial charge in [0, 0.05) is 15.6 Å². The van der Waals surface area contributed by atoms with E-state index in [0.717, 1.165) is 5.56 Å². The standard InChI is InChI=1S/C14H12Cl2O2/c1-9-7-10(5-6-12(9)15)18-14-4-2-3-13(16)11(14)8-17/h2-7,17H,8H2,1H3. The van der Waals surface area contributed by atoms with Crippen molar-refractivity contribution in [2.24, 2.45) is 0 Å². The number of halogens is 2. The first-order chi connectivity index (χ1) is 8.61. The lowest BCUT2D eigenvalue weighted by atomic mass is 10.2. The maximum atomic E-state index is 9.29. The van der Waals surface area contributed by atoms with E-state index in [-0.39, 0.29) is 6.61 Å². The number of hydrogen-bond acceptors (Lipinski definition) is 2. The molecule has 0 unspecified atom stereocenters. The lowest BCUT2D eigenvalue weighted by molar-refractivity contribution is 0.276. The molecule has 2 rings (SSSR count). The molecular weight excluding hydrogens is 271 g/mol. The minimum absolute atomic E-state index is 0.165. The van der Waals surface area contributed by atoms with E-state index >= 15 is 0 Å². The van der Waals surface area contributed by atoms with Gasteiger partial charge in [-0.2, -0.15) is 0 Å². The molecule has 18 heavy (non-hydrogen) atoms. The Morgan fingerprint density at radius 2 is 1.89 bits per heavy atom. The van der Waals surface area contributed by atoms with Crippen molar-refractivity contribution in [3.05, 3.63) is 57.6 Å². The second-order valence-electron chi connectivity index (χ2n) is 3.89. The van der Waals surface area contributed by atoms with Crippen LogP contribution in [0.1, 0.15) is 11.1 Å². The molecule has 0 bridgehead atoms. The van der Waals surface area contributed by atoms with Crippen LogP contribution in [0.4, 0.5) is 0 Å². The fourth-order valence-corrected chi connectivity index (χ4v) is 1.94. The molecule has 2 aromatic carbocycles. The van der Waals surface area contributed by atoms with Gasteiger partial charge in [0.25, 0.3) is 0 Å². The lowest BCUT2D eigenvalue weighted by Crippen LogP contribution is -1.93. The highest BCUT2D eigenvalue weighted by atomic mass is 35.5. The second kappa shape index (κ2) is 5.61. The van der Waals surface area contributed by atoms with Gasteiger partial charge in [-0.1, -0.05) is 29.3 Å². The number of rotatable bonds is 3. The lowest BCUT2D eigenvalue weighted by Gasteiger charge is -2.11. The van der Waals surface area contributed by atoms with Crippen LogP contribution in [0, 0.1) is 6.92 Å². The average Bonchev–Trinajstić information content (AvgIpc) is 2.34. The number of ether oxygens (including phenoxy) is 1. The molecule has 0 heterocycles. The topological polar surface area (TPSA) is 29.5 Å². The normalized spacial score (nSPS) is 10.4. The third-order valence-corrected chi connectivity index (χ3v) is 3.37. The van der Waals surface area contributed by atoms with Crippen LogP contribution in [0.5, 0.6) is 11.5 Å². The highest BCUT2D eigenvalue weighted by Gasteiger charge is 2.08. The van der Waals surface area contributed by atoms with Crippen molar-refractivity contribution in [1.82, 2.24) is 0 Å². The Morgan fingerprint density at radius 3 is 2.56 bits per heavy atom. The highest BCUT2D eigenvalue weighted by molar-refractivity contribution is 6.31. The first-order valence-electron chi connectivity index (χ1n) is 5.44. The van der Waals surface area contributed by atoms with Crippen LogP contribution in [0.2, 0.25) is 10.0 Å². The average molecular weight is 283 g/mol. The summed E-state index contributed by atoms with van der Waals surface area (Å²) in [5, 5.41) is 10.5. The van der Waals surface area contributed by atoms with Gasteiger partial charge in [0.1, 0.15) is 11.5 Å². The summed E-state index contributed by atoms with van der Waals surface area (Å²) in [4.78, 5) is 0. The molecule has 0 spiro atoms. The molecule has 4 heteroatoms. The zero-order valence-corrected chi connectivity index (χ0v) is 11.3. The number of aliphatic hydroxyl groups excluding tert-OH is 1. The number of aryl methyl sites for hydroxylation is 1. The summed E-state index contributed by atoms with van der Waals surface area (Å²) in [6.07, 6.45) is 0. The van der Waals surface area contributed by atoms with Crippen molar-refractivity contribution >= 4 is 23.2 Å². The van der Waals surface area contributed by atoms with Crippen molar-refractivity contribution in [2.45, 2.75) is 13.5 Å². The quantitative estimate of drug-likeness (QED) is 0.893. The van der Waals surface area contributed by atoms with Gasteiger partial charge < -0.3 is 9.84 Å². The van der Waals surface area contributed by atoms with Crippen molar-refractivity contribution in [3.8, 4) is 11.5 Å². The SMILES string of the molecule is Cc1cc(Oc2cccc(Cl)c2CO)ccc1Cl. The summed E-state index contributed by atoms with van der Waals surface area (Å²) < 4.78 is 5.71. The maximum absolute atomic E-state index is 9.29. The van der Waals surface area contributed by atoms with Gasteiger partial charge in [0.2, 0.25) is 0 Å². The molecule has 0 saturated heterocycles. The largest absolute Gasteiger partial charge is 0.457 e. The molecule has 0 radical (unpaired) electrons. The smallest absolute Gasteiger partial charge is 0.134 e. The maximum Gasteiger partial charge on any atom is 0.134 e. The van der Waals surface area contributed by atoms with Gasteiger partial charge in [-0.05, 0) is 42.8 Å². The molecule has 0 aliphatic rings. The van der Waals surface area contributed by atoms with Gasteiger partial charge in [0.15, 0.2) is 0 Å². The Hall–Kier alpha value is -1.22. The van der Waals surface area contributed by atoms with E-state index in [9.17, 15) is 5.11 Å². The number of benzene rings is 2. The monoisotopic (exact) mass is 282 g/mol. The van der Waals surface area contributed by atoms with Crippen LogP contribution in [-0.4, -0.2) is 5.11 Å². The van der Waals surface area contributed by atoms with Crippen molar-refractivity contribution in [1.29, 1.82) is 0 Å². The molecule has 0 saturated carbocycles. The predicted molar refractivity (Wildman–Crippen MR) is 73.6 cm³/mol. The highest BCUT2D eigenvalue weighted by Crippen LogP contribution is 2.31. The molecule has 0 aromatic heterocycles.